The summed E-state index contributed by atoms with van der Waals surface area (Å²) in [6.45, 7) is 4.03. The third kappa shape index (κ3) is 2.51. The second-order valence-corrected chi connectivity index (χ2v) is 5.38. The maximum absolute atomic E-state index is 12.5. The zero-order valence-electron chi connectivity index (χ0n) is 12.2. The number of aryl methyl sites for hydroxylation is 1. The molecule has 0 amide bonds. The maximum Gasteiger partial charge on any atom is 0.196 e. The van der Waals surface area contributed by atoms with Crippen LogP contribution in [0.4, 0.5) is 5.69 Å². The molecule has 0 atom stereocenters. The third-order valence-corrected chi connectivity index (χ3v) is 4.07. The SMILES string of the molecule is CCN1CCCc2cc(C(=O)c3ccccc3)c(O)cc21. The number of rotatable bonds is 3. The molecule has 0 saturated heterocycles. The van der Waals surface area contributed by atoms with Gasteiger partial charge in [0.25, 0.3) is 0 Å². The van der Waals surface area contributed by atoms with E-state index in [-0.39, 0.29) is 11.5 Å². The van der Waals surface area contributed by atoms with Crippen LogP contribution in [0.25, 0.3) is 0 Å². The predicted molar refractivity (Wildman–Crippen MR) is 84.2 cm³/mol. The number of hydrogen-bond donors (Lipinski definition) is 1. The van der Waals surface area contributed by atoms with Gasteiger partial charge in [0.05, 0.1) is 5.56 Å². The number of carbonyl (C=O) groups excluding carboxylic acids is 1. The maximum atomic E-state index is 12.5. The molecule has 3 nitrogen and oxygen atoms in total. The van der Waals surface area contributed by atoms with Gasteiger partial charge in [-0.2, -0.15) is 0 Å². The summed E-state index contributed by atoms with van der Waals surface area (Å²) in [6.07, 6.45) is 2.05. The topological polar surface area (TPSA) is 40.5 Å². The summed E-state index contributed by atoms with van der Waals surface area (Å²) in [5.74, 6) is -0.0486. The van der Waals surface area contributed by atoms with Crippen LogP contribution in [0.2, 0.25) is 0 Å². The van der Waals surface area contributed by atoms with Crippen molar-refractivity contribution in [3.05, 3.63) is 59.2 Å². The van der Waals surface area contributed by atoms with Crippen molar-refractivity contribution >= 4 is 11.5 Å². The molecule has 108 valence electrons. The molecule has 3 rings (SSSR count). The number of phenols is 1. The van der Waals surface area contributed by atoms with E-state index in [0.29, 0.717) is 11.1 Å². The van der Waals surface area contributed by atoms with Gasteiger partial charge in [0.2, 0.25) is 0 Å². The van der Waals surface area contributed by atoms with Crippen molar-refractivity contribution in [2.24, 2.45) is 0 Å². The number of fused-ring (bicyclic) bond motifs is 1. The molecule has 0 aromatic heterocycles. The molecule has 0 radical (unpaired) electrons. The van der Waals surface area contributed by atoms with Crippen molar-refractivity contribution in [3.8, 4) is 5.75 Å². The molecule has 0 fully saturated rings. The molecule has 0 aliphatic carbocycles. The van der Waals surface area contributed by atoms with E-state index in [2.05, 4.69) is 11.8 Å². The van der Waals surface area contributed by atoms with Crippen LogP contribution in [0.15, 0.2) is 42.5 Å². The Kier molecular flexibility index (Phi) is 3.65. The van der Waals surface area contributed by atoms with E-state index in [1.54, 1.807) is 18.2 Å². The first-order valence-electron chi connectivity index (χ1n) is 7.41. The van der Waals surface area contributed by atoms with Gasteiger partial charge in [-0.05, 0) is 31.4 Å². The van der Waals surface area contributed by atoms with E-state index >= 15 is 0 Å². The van der Waals surface area contributed by atoms with Gasteiger partial charge in [-0.15, -0.1) is 0 Å². The van der Waals surface area contributed by atoms with Crippen molar-refractivity contribution in [1.29, 1.82) is 0 Å². The fraction of sp³-hybridized carbons (Fsp3) is 0.278. The van der Waals surface area contributed by atoms with Gasteiger partial charge in [0.15, 0.2) is 5.78 Å². The molecule has 1 heterocycles. The zero-order valence-corrected chi connectivity index (χ0v) is 12.2. The van der Waals surface area contributed by atoms with Crippen molar-refractivity contribution in [1.82, 2.24) is 0 Å². The zero-order chi connectivity index (χ0) is 14.8. The van der Waals surface area contributed by atoms with Crippen LogP contribution >= 0.6 is 0 Å². The van der Waals surface area contributed by atoms with Gasteiger partial charge in [-0.25, -0.2) is 0 Å². The Bertz CT molecular complexity index is 664. The smallest absolute Gasteiger partial charge is 0.196 e. The molecular weight excluding hydrogens is 262 g/mol. The van der Waals surface area contributed by atoms with Gasteiger partial charge in [-0.1, -0.05) is 30.3 Å². The van der Waals surface area contributed by atoms with Crippen molar-refractivity contribution in [2.45, 2.75) is 19.8 Å². The van der Waals surface area contributed by atoms with Gasteiger partial charge in [0, 0.05) is 30.4 Å². The number of phenolic OH excluding ortho intramolecular Hbond substituents is 1. The van der Waals surface area contributed by atoms with Crippen LogP contribution in [-0.4, -0.2) is 24.0 Å². The highest BCUT2D eigenvalue weighted by Crippen LogP contribution is 2.34. The standard InChI is InChI=1S/C18H19NO2/c1-2-19-10-6-9-14-11-15(17(20)12-16(14)19)18(21)13-7-4-3-5-8-13/h3-5,7-8,11-12,20H,2,6,9-10H2,1H3. The number of benzene rings is 2. The van der Waals surface area contributed by atoms with Crippen LogP contribution in [0.3, 0.4) is 0 Å². The molecule has 0 saturated carbocycles. The first-order valence-corrected chi connectivity index (χ1v) is 7.41. The number of aromatic hydroxyl groups is 1. The number of ketones is 1. The van der Waals surface area contributed by atoms with E-state index in [1.807, 2.05) is 24.3 Å². The third-order valence-electron chi connectivity index (χ3n) is 4.07. The molecule has 1 aliphatic heterocycles. The van der Waals surface area contributed by atoms with Crippen LogP contribution in [-0.2, 0) is 6.42 Å². The lowest BCUT2D eigenvalue weighted by Crippen LogP contribution is -2.29. The van der Waals surface area contributed by atoms with Crippen LogP contribution < -0.4 is 4.90 Å². The molecule has 3 heteroatoms. The Morgan fingerprint density at radius 3 is 2.71 bits per heavy atom. The Morgan fingerprint density at radius 1 is 1.24 bits per heavy atom. The second-order valence-electron chi connectivity index (χ2n) is 5.38. The van der Waals surface area contributed by atoms with Crippen molar-refractivity contribution in [2.75, 3.05) is 18.0 Å². The Balaban J connectivity index is 2.03. The van der Waals surface area contributed by atoms with Gasteiger partial charge in [0.1, 0.15) is 5.75 Å². The first kappa shape index (κ1) is 13.7. The summed E-state index contributed by atoms with van der Waals surface area (Å²) in [4.78, 5) is 14.8. The molecule has 0 unspecified atom stereocenters. The summed E-state index contributed by atoms with van der Waals surface area (Å²) < 4.78 is 0. The summed E-state index contributed by atoms with van der Waals surface area (Å²) in [6, 6.07) is 12.7. The summed E-state index contributed by atoms with van der Waals surface area (Å²) in [7, 11) is 0. The molecule has 0 spiro atoms. The second kappa shape index (κ2) is 5.60. The lowest BCUT2D eigenvalue weighted by Gasteiger charge is -2.30. The van der Waals surface area contributed by atoms with Crippen molar-refractivity contribution in [3.63, 3.8) is 0 Å². The number of anilines is 1. The van der Waals surface area contributed by atoms with Gasteiger partial charge >= 0.3 is 0 Å². The minimum atomic E-state index is -0.121. The van der Waals surface area contributed by atoms with E-state index in [4.69, 9.17) is 0 Å². The average molecular weight is 281 g/mol. The van der Waals surface area contributed by atoms with E-state index in [1.165, 1.54) is 0 Å². The number of nitrogens with zero attached hydrogens (tertiary/aromatic N) is 1. The normalized spacial score (nSPS) is 13.9. The van der Waals surface area contributed by atoms with Gasteiger partial charge in [-0.3, -0.25) is 4.79 Å². The van der Waals surface area contributed by atoms with E-state index < -0.39 is 0 Å². The lowest BCUT2D eigenvalue weighted by atomic mass is 9.95. The van der Waals surface area contributed by atoms with Crippen LogP contribution in [0, 0.1) is 0 Å². The fourth-order valence-corrected chi connectivity index (χ4v) is 2.95. The summed E-state index contributed by atoms with van der Waals surface area (Å²) >= 11 is 0. The summed E-state index contributed by atoms with van der Waals surface area (Å²) in [5.41, 5.74) is 3.22. The molecule has 1 N–H and O–H groups in total. The van der Waals surface area contributed by atoms with E-state index in [0.717, 1.165) is 37.2 Å². The highest BCUT2D eigenvalue weighted by atomic mass is 16.3. The highest BCUT2D eigenvalue weighted by molar-refractivity contribution is 6.11. The largest absolute Gasteiger partial charge is 0.507 e. The first-order chi connectivity index (χ1) is 10.2. The van der Waals surface area contributed by atoms with Crippen LogP contribution in [0.1, 0.15) is 34.8 Å². The fourth-order valence-electron chi connectivity index (χ4n) is 2.95. The molecule has 21 heavy (non-hydrogen) atoms. The van der Waals surface area contributed by atoms with Gasteiger partial charge < -0.3 is 10.0 Å². The number of carbonyl (C=O) groups is 1. The quantitative estimate of drug-likeness (QED) is 0.877. The monoisotopic (exact) mass is 281 g/mol. The molecule has 0 bridgehead atoms. The minimum absolute atomic E-state index is 0.0722. The predicted octanol–water partition coefficient (Wildman–Crippen LogP) is 3.40. The minimum Gasteiger partial charge on any atom is -0.507 e. The Labute approximate surface area is 124 Å². The Morgan fingerprint density at radius 2 is 2.00 bits per heavy atom. The summed E-state index contributed by atoms with van der Waals surface area (Å²) in [5, 5.41) is 10.3. The average Bonchev–Trinajstić information content (AvgIpc) is 2.54. The lowest BCUT2D eigenvalue weighted by molar-refractivity contribution is 0.103. The highest BCUT2D eigenvalue weighted by Gasteiger charge is 2.21. The molecule has 1 aliphatic rings. The number of hydrogen-bond acceptors (Lipinski definition) is 3. The molecule has 2 aromatic rings. The van der Waals surface area contributed by atoms with E-state index in [9.17, 15) is 9.90 Å². The molecular formula is C18H19NO2. The van der Waals surface area contributed by atoms with Crippen LogP contribution in [0.5, 0.6) is 5.75 Å². The van der Waals surface area contributed by atoms with Crippen molar-refractivity contribution < 1.29 is 9.90 Å². The Hall–Kier alpha value is -2.29. The molecule has 2 aromatic carbocycles.